The van der Waals surface area contributed by atoms with Crippen LogP contribution in [0.25, 0.3) is 0 Å². The molecule has 1 heterocycles. The monoisotopic (exact) mass is 412 g/mol. The summed E-state index contributed by atoms with van der Waals surface area (Å²) in [5.74, 6) is -0.169. The van der Waals surface area contributed by atoms with E-state index < -0.39 is 18.4 Å². The summed E-state index contributed by atoms with van der Waals surface area (Å²) >= 11 is 1.29. The second-order valence-electron chi connectivity index (χ2n) is 5.94. The number of carbonyl (C=O) groups is 2. The SMILES string of the molecule is COc1ccc(OC)c(C(=O)COC(=O)c2csc(NCc3ccccc3)n2)c1. The van der Waals surface area contributed by atoms with Crippen molar-refractivity contribution in [1.82, 2.24) is 4.98 Å². The molecule has 8 heteroatoms. The predicted molar refractivity (Wildman–Crippen MR) is 110 cm³/mol. The molecule has 0 spiro atoms. The fourth-order valence-electron chi connectivity index (χ4n) is 2.54. The summed E-state index contributed by atoms with van der Waals surface area (Å²) in [6.45, 7) is 0.170. The lowest BCUT2D eigenvalue weighted by Gasteiger charge is -2.09. The standard InChI is InChI=1S/C21H20N2O5S/c1-26-15-8-9-19(27-2)16(10-15)18(24)12-28-20(25)17-13-29-21(23-17)22-11-14-6-4-3-5-7-14/h3-10,13H,11-12H2,1-2H3,(H,22,23). The number of methoxy groups -OCH3 is 2. The maximum absolute atomic E-state index is 12.4. The lowest BCUT2D eigenvalue weighted by atomic mass is 10.1. The van der Waals surface area contributed by atoms with Crippen LogP contribution in [0.3, 0.4) is 0 Å². The number of carbonyl (C=O) groups excluding carboxylic acids is 2. The number of benzene rings is 2. The smallest absolute Gasteiger partial charge is 0.358 e. The van der Waals surface area contributed by atoms with Gasteiger partial charge in [0.25, 0.3) is 0 Å². The van der Waals surface area contributed by atoms with Gasteiger partial charge >= 0.3 is 5.97 Å². The summed E-state index contributed by atoms with van der Waals surface area (Å²) < 4.78 is 15.4. The number of anilines is 1. The third-order valence-corrected chi connectivity index (χ3v) is 4.84. The van der Waals surface area contributed by atoms with Crippen LogP contribution in [0.1, 0.15) is 26.4 Å². The van der Waals surface area contributed by atoms with E-state index in [0.29, 0.717) is 23.2 Å². The summed E-state index contributed by atoms with van der Waals surface area (Å²) in [4.78, 5) is 28.9. The van der Waals surface area contributed by atoms with Gasteiger partial charge in [-0.05, 0) is 23.8 Å². The van der Waals surface area contributed by atoms with E-state index in [2.05, 4.69) is 10.3 Å². The second-order valence-corrected chi connectivity index (χ2v) is 6.80. The van der Waals surface area contributed by atoms with Crippen LogP contribution < -0.4 is 14.8 Å². The van der Waals surface area contributed by atoms with Gasteiger partial charge in [0.15, 0.2) is 17.4 Å². The van der Waals surface area contributed by atoms with Crippen LogP contribution in [-0.2, 0) is 11.3 Å². The van der Waals surface area contributed by atoms with E-state index in [1.54, 1.807) is 23.6 Å². The molecule has 0 amide bonds. The topological polar surface area (TPSA) is 86.8 Å². The molecule has 0 radical (unpaired) electrons. The average Bonchev–Trinajstić information content (AvgIpc) is 3.25. The summed E-state index contributed by atoms with van der Waals surface area (Å²) in [5.41, 5.74) is 1.53. The molecule has 0 aliphatic heterocycles. The van der Waals surface area contributed by atoms with Gasteiger partial charge in [0.1, 0.15) is 11.5 Å². The molecular formula is C21H20N2O5S. The molecule has 0 aliphatic rings. The number of nitrogens with zero attached hydrogens (tertiary/aromatic N) is 1. The molecule has 150 valence electrons. The van der Waals surface area contributed by atoms with Gasteiger partial charge in [0.05, 0.1) is 19.8 Å². The molecule has 1 N–H and O–H groups in total. The lowest BCUT2D eigenvalue weighted by molar-refractivity contribution is 0.0469. The van der Waals surface area contributed by atoms with E-state index in [-0.39, 0.29) is 11.3 Å². The van der Waals surface area contributed by atoms with Crippen LogP contribution in [-0.4, -0.2) is 37.6 Å². The molecule has 0 unspecified atom stereocenters. The highest BCUT2D eigenvalue weighted by molar-refractivity contribution is 7.13. The molecular weight excluding hydrogens is 392 g/mol. The Balaban J connectivity index is 1.57. The average molecular weight is 412 g/mol. The molecule has 3 aromatic rings. The van der Waals surface area contributed by atoms with Crippen molar-refractivity contribution in [1.29, 1.82) is 0 Å². The minimum absolute atomic E-state index is 0.149. The Hall–Kier alpha value is -3.39. The minimum Gasteiger partial charge on any atom is -0.497 e. The summed E-state index contributed by atoms with van der Waals surface area (Å²) in [5, 5.41) is 5.35. The minimum atomic E-state index is -0.663. The third kappa shape index (κ3) is 5.32. The highest BCUT2D eigenvalue weighted by Gasteiger charge is 2.18. The van der Waals surface area contributed by atoms with Gasteiger partial charge in [-0.25, -0.2) is 9.78 Å². The van der Waals surface area contributed by atoms with E-state index in [1.165, 1.54) is 25.6 Å². The number of ketones is 1. The van der Waals surface area contributed by atoms with Crippen LogP contribution in [0.2, 0.25) is 0 Å². The Bertz CT molecular complexity index is 988. The van der Waals surface area contributed by atoms with E-state index >= 15 is 0 Å². The Labute approximate surface area is 172 Å². The van der Waals surface area contributed by atoms with Crippen LogP contribution in [0.4, 0.5) is 5.13 Å². The van der Waals surface area contributed by atoms with Gasteiger partial charge in [0.2, 0.25) is 5.78 Å². The number of aromatic nitrogens is 1. The van der Waals surface area contributed by atoms with E-state index in [4.69, 9.17) is 14.2 Å². The lowest BCUT2D eigenvalue weighted by Crippen LogP contribution is -2.15. The maximum Gasteiger partial charge on any atom is 0.358 e. The normalized spacial score (nSPS) is 10.3. The van der Waals surface area contributed by atoms with Gasteiger partial charge in [-0.2, -0.15) is 0 Å². The molecule has 0 atom stereocenters. The third-order valence-electron chi connectivity index (χ3n) is 4.04. The van der Waals surface area contributed by atoms with E-state index in [0.717, 1.165) is 5.56 Å². The first-order valence-corrected chi connectivity index (χ1v) is 9.64. The van der Waals surface area contributed by atoms with Gasteiger partial charge < -0.3 is 19.5 Å². The number of esters is 1. The first-order valence-electron chi connectivity index (χ1n) is 8.76. The fraction of sp³-hybridized carbons (Fsp3) is 0.190. The highest BCUT2D eigenvalue weighted by atomic mass is 32.1. The zero-order valence-corrected chi connectivity index (χ0v) is 16.8. The van der Waals surface area contributed by atoms with Gasteiger partial charge in [-0.1, -0.05) is 30.3 Å². The molecule has 2 aromatic carbocycles. The molecule has 0 bridgehead atoms. The van der Waals surface area contributed by atoms with Crippen molar-refractivity contribution in [2.75, 3.05) is 26.1 Å². The predicted octanol–water partition coefficient (Wildman–Crippen LogP) is 3.81. The Morgan fingerprint density at radius 3 is 2.59 bits per heavy atom. The zero-order valence-electron chi connectivity index (χ0n) is 16.0. The van der Waals surface area contributed by atoms with Crippen LogP contribution in [0.5, 0.6) is 11.5 Å². The molecule has 7 nitrogen and oxygen atoms in total. The Kier molecular flexibility index (Phi) is 6.80. The quantitative estimate of drug-likeness (QED) is 0.422. The van der Waals surface area contributed by atoms with Crippen molar-refractivity contribution < 1.29 is 23.8 Å². The van der Waals surface area contributed by atoms with E-state index in [1.807, 2.05) is 30.3 Å². The largest absolute Gasteiger partial charge is 0.497 e. The Morgan fingerprint density at radius 1 is 1.07 bits per heavy atom. The van der Waals surface area contributed by atoms with Gasteiger partial charge in [-0.3, -0.25) is 4.79 Å². The molecule has 1 aromatic heterocycles. The number of rotatable bonds is 9. The second kappa shape index (κ2) is 9.70. The van der Waals surface area contributed by atoms with Gasteiger partial charge in [-0.15, -0.1) is 11.3 Å². The van der Waals surface area contributed by atoms with Crippen molar-refractivity contribution in [3.05, 3.63) is 70.7 Å². The first-order chi connectivity index (χ1) is 14.1. The molecule has 0 saturated heterocycles. The molecule has 0 fully saturated rings. The summed E-state index contributed by atoms with van der Waals surface area (Å²) in [6, 6.07) is 14.7. The van der Waals surface area contributed by atoms with Crippen LogP contribution in [0.15, 0.2) is 53.9 Å². The Morgan fingerprint density at radius 2 is 1.86 bits per heavy atom. The van der Waals surface area contributed by atoms with Crippen LogP contribution in [0, 0.1) is 0 Å². The van der Waals surface area contributed by atoms with Crippen molar-refractivity contribution in [2.45, 2.75) is 6.54 Å². The summed E-state index contributed by atoms with van der Waals surface area (Å²) in [7, 11) is 2.96. The molecule has 29 heavy (non-hydrogen) atoms. The molecule has 3 rings (SSSR count). The highest BCUT2D eigenvalue weighted by Crippen LogP contribution is 2.24. The van der Waals surface area contributed by atoms with Crippen LogP contribution >= 0.6 is 11.3 Å². The van der Waals surface area contributed by atoms with Gasteiger partial charge in [0, 0.05) is 11.9 Å². The van der Waals surface area contributed by atoms with Crippen molar-refractivity contribution >= 4 is 28.2 Å². The zero-order chi connectivity index (χ0) is 20.6. The van der Waals surface area contributed by atoms with E-state index in [9.17, 15) is 9.59 Å². The number of hydrogen-bond acceptors (Lipinski definition) is 8. The fourth-order valence-corrected chi connectivity index (χ4v) is 3.22. The first kappa shape index (κ1) is 20.3. The van der Waals surface area contributed by atoms with Crippen molar-refractivity contribution in [3.63, 3.8) is 0 Å². The van der Waals surface area contributed by atoms with Crippen molar-refractivity contribution in [3.8, 4) is 11.5 Å². The number of ether oxygens (including phenoxy) is 3. The number of hydrogen-bond donors (Lipinski definition) is 1. The maximum atomic E-state index is 12.4. The number of nitrogens with one attached hydrogen (secondary N) is 1. The summed E-state index contributed by atoms with van der Waals surface area (Å²) in [6.07, 6.45) is 0. The molecule has 0 saturated carbocycles. The number of Topliss-reactive ketones (excluding diaryl/α,β-unsaturated/α-hetero) is 1. The van der Waals surface area contributed by atoms with Crippen molar-refractivity contribution in [2.24, 2.45) is 0 Å². The number of thiazole rings is 1. The molecule has 0 aliphatic carbocycles.